The minimum absolute atomic E-state index is 0.00945. The first-order valence-electron chi connectivity index (χ1n) is 12.6. The Morgan fingerprint density at radius 1 is 1.10 bits per heavy atom. The topological polar surface area (TPSA) is 112 Å². The van der Waals surface area contributed by atoms with Gasteiger partial charge in [0, 0.05) is 55.4 Å². The molecule has 2 saturated heterocycles. The van der Waals surface area contributed by atoms with Crippen LogP contribution in [0.15, 0.2) is 18.3 Å². The largest absolute Gasteiger partial charge is 0.406 e. The molecule has 42 heavy (non-hydrogen) atoms. The maximum Gasteiger partial charge on any atom is 0.406 e. The van der Waals surface area contributed by atoms with Crippen LogP contribution in [0.2, 0.25) is 0 Å². The number of pyridine rings is 1. The number of urea groups is 1. The number of benzene rings is 1. The average molecular weight is 601 g/mol. The first-order chi connectivity index (χ1) is 19.5. The highest BCUT2D eigenvalue weighted by Gasteiger charge is 2.55. The van der Waals surface area contributed by atoms with Crippen LogP contribution in [0.5, 0.6) is 0 Å². The molecule has 5 rings (SSSR count). The number of nitrogens with one attached hydrogen (secondary N) is 2. The molecule has 16 heteroatoms. The smallest absolute Gasteiger partial charge is 0.340 e. The Bertz CT molecular complexity index is 1510. The Labute approximate surface area is 233 Å². The molecule has 2 N–H and O–H groups in total. The maximum absolute atomic E-state index is 14.7. The van der Waals surface area contributed by atoms with Gasteiger partial charge in [0.25, 0.3) is 11.8 Å². The van der Waals surface area contributed by atoms with Gasteiger partial charge in [0.1, 0.15) is 18.1 Å². The lowest BCUT2D eigenvalue weighted by Crippen LogP contribution is -2.60. The number of halogens is 7. The van der Waals surface area contributed by atoms with Crippen molar-refractivity contribution in [3.8, 4) is 0 Å². The molecule has 3 aliphatic rings. The molecule has 5 amide bonds. The van der Waals surface area contributed by atoms with E-state index in [9.17, 15) is 49.9 Å². The average Bonchev–Trinajstić information content (AvgIpc) is 3.39. The zero-order chi connectivity index (χ0) is 30.9. The highest BCUT2D eigenvalue weighted by Crippen LogP contribution is 2.39. The van der Waals surface area contributed by atoms with E-state index < -0.39 is 95.3 Å². The number of fused-ring (bicyclic) bond motifs is 1. The summed E-state index contributed by atoms with van der Waals surface area (Å²) in [4.78, 5) is 56.4. The van der Waals surface area contributed by atoms with Gasteiger partial charge >= 0.3 is 12.2 Å². The number of aromatic nitrogens is 1. The number of amides is 5. The molecule has 1 aromatic carbocycles. The van der Waals surface area contributed by atoms with Gasteiger partial charge in [-0.25, -0.2) is 22.4 Å². The maximum atomic E-state index is 14.7. The van der Waals surface area contributed by atoms with Crippen LogP contribution in [0.4, 0.5) is 35.5 Å². The summed E-state index contributed by atoms with van der Waals surface area (Å²) >= 11 is 0. The van der Waals surface area contributed by atoms with Crippen LogP contribution < -0.4 is 10.6 Å². The Morgan fingerprint density at radius 3 is 2.31 bits per heavy atom. The number of carbonyl (C=O) groups is 4. The van der Waals surface area contributed by atoms with E-state index in [2.05, 4.69) is 15.6 Å². The van der Waals surface area contributed by atoms with Gasteiger partial charge in [0.15, 0.2) is 23.3 Å². The van der Waals surface area contributed by atoms with Gasteiger partial charge in [-0.05, 0) is 25.0 Å². The summed E-state index contributed by atoms with van der Waals surface area (Å²) in [6.07, 6.45) is -4.46. The predicted molar refractivity (Wildman–Crippen MR) is 128 cm³/mol. The molecule has 1 aliphatic carbocycles. The van der Waals surface area contributed by atoms with Crippen molar-refractivity contribution < 1.29 is 49.9 Å². The van der Waals surface area contributed by atoms with Gasteiger partial charge in [-0.1, -0.05) is 0 Å². The number of hydrogen-bond donors (Lipinski definition) is 2. The SMILES string of the molecule is C[C@@H]1[C@H](c2c(F)c(F)cc(F)c2F)C[C@H](NC(=O)c2cnc3c(c2)C[C@@]2(C3)C(=O)NC(=O)N2C)C(=O)N1CC(F)(F)F. The standard InChI is InChI=1S/C26H22F7N5O4/c1-10-13(18-19(29)14(27)5-15(28)20(18)30)4-16(22(40)38(10)9-26(31,32)33)35-21(39)12-3-11-6-25(7-17(11)34-8-12)23(41)36-24(42)37(25)2/h3,5,8,10,13,16H,4,6-7,9H2,1-2H3,(H,35,39)(H,36,41,42)/t10-,13-,16+,25-/m1/s1. The number of rotatable bonds is 4. The quantitative estimate of drug-likeness (QED) is 0.318. The van der Waals surface area contributed by atoms with Crippen molar-refractivity contribution >= 4 is 23.8 Å². The Balaban J connectivity index is 1.44. The summed E-state index contributed by atoms with van der Waals surface area (Å²) < 4.78 is 97.5. The van der Waals surface area contributed by atoms with Crippen molar-refractivity contribution in [2.75, 3.05) is 13.6 Å². The summed E-state index contributed by atoms with van der Waals surface area (Å²) in [6.45, 7) is -0.803. The van der Waals surface area contributed by atoms with Crippen molar-refractivity contribution in [1.82, 2.24) is 25.4 Å². The van der Waals surface area contributed by atoms with E-state index in [1.54, 1.807) is 0 Å². The van der Waals surface area contributed by atoms with Gasteiger partial charge in [0.05, 0.1) is 5.56 Å². The molecule has 4 atom stereocenters. The molecule has 2 aliphatic heterocycles. The number of alkyl halides is 3. The predicted octanol–water partition coefficient (Wildman–Crippen LogP) is 2.72. The molecule has 2 fully saturated rings. The fourth-order valence-corrected chi connectivity index (χ4v) is 5.89. The lowest BCUT2D eigenvalue weighted by Gasteiger charge is -2.43. The first-order valence-corrected chi connectivity index (χ1v) is 12.6. The van der Waals surface area contributed by atoms with E-state index in [0.29, 0.717) is 11.3 Å². The molecule has 0 radical (unpaired) electrons. The number of piperidine rings is 1. The molecule has 1 spiro atoms. The van der Waals surface area contributed by atoms with Crippen LogP contribution in [0.25, 0.3) is 0 Å². The zero-order valence-electron chi connectivity index (χ0n) is 21.9. The normalized spacial score (nSPS) is 25.7. The molecule has 3 heterocycles. The molecular formula is C26H22F7N5O4. The van der Waals surface area contributed by atoms with Crippen LogP contribution in [-0.2, 0) is 22.4 Å². The van der Waals surface area contributed by atoms with Crippen LogP contribution in [0.3, 0.4) is 0 Å². The van der Waals surface area contributed by atoms with E-state index in [-0.39, 0.29) is 29.4 Å². The highest BCUT2D eigenvalue weighted by molar-refractivity contribution is 6.07. The highest BCUT2D eigenvalue weighted by atomic mass is 19.4. The molecule has 0 unspecified atom stereocenters. The molecular weight excluding hydrogens is 579 g/mol. The third-order valence-electron chi connectivity index (χ3n) is 8.17. The molecule has 0 saturated carbocycles. The molecule has 224 valence electrons. The Hall–Kier alpha value is -4.24. The van der Waals surface area contributed by atoms with Crippen molar-refractivity contribution in [1.29, 1.82) is 0 Å². The number of imide groups is 1. The van der Waals surface area contributed by atoms with E-state index >= 15 is 0 Å². The zero-order valence-corrected chi connectivity index (χ0v) is 21.9. The van der Waals surface area contributed by atoms with Crippen molar-refractivity contribution in [3.63, 3.8) is 0 Å². The van der Waals surface area contributed by atoms with Gasteiger partial charge in [-0.15, -0.1) is 0 Å². The van der Waals surface area contributed by atoms with Crippen molar-refractivity contribution in [3.05, 3.63) is 64.0 Å². The van der Waals surface area contributed by atoms with E-state index in [1.807, 2.05) is 0 Å². The van der Waals surface area contributed by atoms with Crippen LogP contribution >= 0.6 is 0 Å². The van der Waals surface area contributed by atoms with E-state index in [4.69, 9.17) is 0 Å². The number of carbonyl (C=O) groups excluding carboxylic acids is 4. The molecule has 0 bridgehead atoms. The van der Waals surface area contributed by atoms with Gasteiger partial charge in [-0.3, -0.25) is 24.7 Å². The fourth-order valence-electron chi connectivity index (χ4n) is 5.89. The number of nitrogens with zero attached hydrogens (tertiary/aromatic N) is 3. The molecule has 9 nitrogen and oxygen atoms in total. The summed E-state index contributed by atoms with van der Waals surface area (Å²) in [5.41, 5.74) is -1.74. The monoisotopic (exact) mass is 601 g/mol. The third kappa shape index (κ3) is 4.71. The summed E-state index contributed by atoms with van der Waals surface area (Å²) in [5.74, 6) is -11.6. The van der Waals surface area contributed by atoms with E-state index in [1.165, 1.54) is 18.0 Å². The third-order valence-corrected chi connectivity index (χ3v) is 8.17. The summed E-state index contributed by atoms with van der Waals surface area (Å²) in [6, 6.07) is -2.64. The van der Waals surface area contributed by atoms with Gasteiger partial charge < -0.3 is 15.1 Å². The lowest BCUT2D eigenvalue weighted by molar-refractivity contribution is -0.170. The second-order valence-corrected chi connectivity index (χ2v) is 10.6. The Kier molecular flexibility index (Phi) is 6.93. The lowest BCUT2D eigenvalue weighted by atomic mass is 9.81. The second-order valence-electron chi connectivity index (χ2n) is 10.6. The molecule has 1 aromatic heterocycles. The summed E-state index contributed by atoms with van der Waals surface area (Å²) in [5, 5.41) is 4.46. The van der Waals surface area contributed by atoms with Gasteiger partial charge in [0.2, 0.25) is 5.91 Å². The fraction of sp³-hybridized carbons (Fsp3) is 0.423. The second kappa shape index (κ2) is 9.94. The molecule has 2 aromatic rings. The minimum Gasteiger partial charge on any atom is -0.340 e. The van der Waals surface area contributed by atoms with Crippen LogP contribution in [0.1, 0.15) is 46.4 Å². The first kappa shape index (κ1) is 29.3. The van der Waals surface area contributed by atoms with Gasteiger partial charge in [-0.2, -0.15) is 13.2 Å². The van der Waals surface area contributed by atoms with E-state index in [0.717, 1.165) is 13.1 Å². The van der Waals surface area contributed by atoms with Crippen LogP contribution in [0, 0.1) is 23.3 Å². The van der Waals surface area contributed by atoms with Crippen molar-refractivity contribution in [2.24, 2.45) is 0 Å². The summed E-state index contributed by atoms with van der Waals surface area (Å²) in [7, 11) is 1.43. The number of hydrogen-bond acceptors (Lipinski definition) is 5. The number of likely N-dealkylation sites (N-methyl/N-ethyl adjacent to an activating group) is 1. The minimum atomic E-state index is -4.95. The number of likely N-dealkylation sites (tertiary alicyclic amines) is 1. The van der Waals surface area contributed by atoms with Crippen LogP contribution in [-0.4, -0.2) is 75.9 Å². The Morgan fingerprint density at radius 2 is 1.74 bits per heavy atom. The van der Waals surface area contributed by atoms with Crippen molar-refractivity contribution in [2.45, 2.75) is 55.9 Å².